The summed E-state index contributed by atoms with van der Waals surface area (Å²) in [6.45, 7) is 2.19. The van der Waals surface area contributed by atoms with E-state index in [-0.39, 0.29) is 18.7 Å². The topological polar surface area (TPSA) is 47.6 Å². The van der Waals surface area contributed by atoms with Crippen molar-refractivity contribution in [2.45, 2.75) is 25.8 Å². The number of hydrogen-bond donors (Lipinski definition) is 1. The molecule has 1 fully saturated rings. The number of benzene rings is 2. The highest BCUT2D eigenvalue weighted by Crippen LogP contribution is 2.42. The molecule has 24 heavy (non-hydrogen) atoms. The molecule has 5 heteroatoms. The van der Waals surface area contributed by atoms with Crippen LogP contribution in [0.2, 0.25) is 5.02 Å². The first kappa shape index (κ1) is 15.3. The van der Waals surface area contributed by atoms with Crippen molar-refractivity contribution in [3.63, 3.8) is 0 Å². The molecule has 0 bridgehead atoms. The number of fused-ring (bicyclic) bond motifs is 1. The molecule has 1 unspecified atom stereocenters. The van der Waals surface area contributed by atoms with Crippen LogP contribution in [0.15, 0.2) is 36.4 Å². The number of hydrogen-bond acceptors (Lipinski definition) is 3. The number of amides is 1. The Morgan fingerprint density at radius 1 is 1.21 bits per heavy atom. The van der Waals surface area contributed by atoms with Crippen LogP contribution in [0, 0.1) is 12.8 Å². The van der Waals surface area contributed by atoms with E-state index in [0.717, 1.165) is 18.4 Å². The van der Waals surface area contributed by atoms with E-state index in [0.29, 0.717) is 28.0 Å². The molecule has 1 aliphatic heterocycles. The van der Waals surface area contributed by atoms with Gasteiger partial charge in [0.15, 0.2) is 11.5 Å². The SMILES string of the molecule is Cc1ccc(C(NC(=O)c2cc(Cl)c3c(c2)OCO3)C2CC2)cc1. The number of ether oxygens (including phenoxy) is 2. The van der Waals surface area contributed by atoms with Crippen LogP contribution in [-0.2, 0) is 0 Å². The number of aryl methyl sites for hydroxylation is 1. The second-order valence-electron chi connectivity index (χ2n) is 6.39. The number of rotatable bonds is 4. The molecule has 0 spiro atoms. The van der Waals surface area contributed by atoms with Crippen LogP contribution >= 0.6 is 11.6 Å². The zero-order valence-electron chi connectivity index (χ0n) is 13.3. The molecule has 2 aliphatic rings. The molecular formula is C19H18ClNO3. The Bertz CT molecular complexity index is 784. The highest BCUT2D eigenvalue weighted by Gasteiger charge is 2.34. The second kappa shape index (κ2) is 6.02. The minimum absolute atomic E-state index is 0.0299. The zero-order chi connectivity index (χ0) is 16.7. The van der Waals surface area contributed by atoms with Crippen molar-refractivity contribution in [1.82, 2.24) is 5.32 Å². The molecule has 4 nitrogen and oxygen atoms in total. The molecular weight excluding hydrogens is 326 g/mol. The maximum atomic E-state index is 12.7. The van der Waals surface area contributed by atoms with Crippen molar-refractivity contribution in [2.75, 3.05) is 6.79 Å². The van der Waals surface area contributed by atoms with Gasteiger partial charge in [-0.05, 0) is 43.4 Å². The number of carbonyl (C=O) groups excluding carboxylic acids is 1. The summed E-state index contributed by atoms with van der Waals surface area (Å²) in [6, 6.07) is 11.7. The number of halogens is 1. The highest BCUT2D eigenvalue weighted by atomic mass is 35.5. The van der Waals surface area contributed by atoms with Crippen molar-refractivity contribution in [2.24, 2.45) is 5.92 Å². The van der Waals surface area contributed by atoms with Gasteiger partial charge in [0.2, 0.25) is 6.79 Å². The van der Waals surface area contributed by atoms with Crippen molar-refractivity contribution in [3.8, 4) is 11.5 Å². The van der Waals surface area contributed by atoms with E-state index in [4.69, 9.17) is 21.1 Å². The average molecular weight is 344 g/mol. The van der Waals surface area contributed by atoms with Crippen molar-refractivity contribution in [3.05, 3.63) is 58.1 Å². The van der Waals surface area contributed by atoms with Crippen molar-refractivity contribution >= 4 is 17.5 Å². The van der Waals surface area contributed by atoms with E-state index < -0.39 is 0 Å². The molecule has 1 amide bonds. The van der Waals surface area contributed by atoms with Crippen LogP contribution in [0.25, 0.3) is 0 Å². The third kappa shape index (κ3) is 2.94. The number of nitrogens with one attached hydrogen (secondary N) is 1. The molecule has 2 aromatic carbocycles. The van der Waals surface area contributed by atoms with Gasteiger partial charge < -0.3 is 14.8 Å². The van der Waals surface area contributed by atoms with Crippen LogP contribution in [0.4, 0.5) is 0 Å². The van der Waals surface area contributed by atoms with E-state index >= 15 is 0 Å². The molecule has 0 aromatic heterocycles. The smallest absolute Gasteiger partial charge is 0.251 e. The zero-order valence-corrected chi connectivity index (χ0v) is 14.1. The van der Waals surface area contributed by atoms with Crippen molar-refractivity contribution in [1.29, 1.82) is 0 Å². The summed E-state index contributed by atoms with van der Waals surface area (Å²) in [5.74, 6) is 1.38. The Kier molecular flexibility index (Phi) is 3.85. The van der Waals surface area contributed by atoms with E-state index in [9.17, 15) is 4.79 Å². The summed E-state index contributed by atoms with van der Waals surface area (Å²) in [5, 5.41) is 3.55. The van der Waals surface area contributed by atoms with E-state index in [1.807, 2.05) is 0 Å². The molecule has 0 saturated heterocycles. The van der Waals surface area contributed by atoms with Crippen LogP contribution in [0.1, 0.15) is 40.4 Å². The Morgan fingerprint density at radius 2 is 1.96 bits per heavy atom. The second-order valence-corrected chi connectivity index (χ2v) is 6.80. The Labute approximate surface area is 145 Å². The number of carbonyl (C=O) groups is 1. The molecule has 4 rings (SSSR count). The molecule has 1 N–H and O–H groups in total. The Hall–Kier alpha value is -2.20. The average Bonchev–Trinajstić information content (AvgIpc) is 3.30. The van der Waals surface area contributed by atoms with E-state index in [1.54, 1.807) is 12.1 Å². The fraction of sp³-hybridized carbons (Fsp3) is 0.316. The van der Waals surface area contributed by atoms with Crippen LogP contribution in [0.5, 0.6) is 11.5 Å². The van der Waals surface area contributed by atoms with Gasteiger partial charge in [-0.3, -0.25) is 4.79 Å². The first-order chi connectivity index (χ1) is 11.6. The van der Waals surface area contributed by atoms with Gasteiger partial charge in [0.25, 0.3) is 5.91 Å². The fourth-order valence-electron chi connectivity index (χ4n) is 3.00. The summed E-state index contributed by atoms with van der Waals surface area (Å²) in [7, 11) is 0. The van der Waals surface area contributed by atoms with Crippen LogP contribution < -0.4 is 14.8 Å². The summed E-state index contributed by atoms with van der Waals surface area (Å²) in [6.07, 6.45) is 2.28. The molecule has 1 heterocycles. The summed E-state index contributed by atoms with van der Waals surface area (Å²) < 4.78 is 10.6. The van der Waals surface area contributed by atoms with Gasteiger partial charge in [-0.25, -0.2) is 0 Å². The van der Waals surface area contributed by atoms with E-state index in [1.165, 1.54) is 5.56 Å². The summed E-state index contributed by atoms with van der Waals surface area (Å²) in [5.41, 5.74) is 2.84. The molecule has 0 radical (unpaired) electrons. The molecule has 124 valence electrons. The van der Waals surface area contributed by atoms with Gasteiger partial charge in [0.1, 0.15) is 0 Å². The van der Waals surface area contributed by atoms with Gasteiger partial charge >= 0.3 is 0 Å². The predicted octanol–water partition coefficient (Wildman–Crippen LogP) is 4.26. The fourth-order valence-corrected chi connectivity index (χ4v) is 3.26. The predicted molar refractivity (Wildman–Crippen MR) is 91.7 cm³/mol. The highest BCUT2D eigenvalue weighted by molar-refractivity contribution is 6.32. The molecule has 1 saturated carbocycles. The summed E-state index contributed by atoms with van der Waals surface area (Å²) in [4.78, 5) is 12.7. The van der Waals surface area contributed by atoms with Crippen molar-refractivity contribution < 1.29 is 14.3 Å². The summed E-state index contributed by atoms with van der Waals surface area (Å²) >= 11 is 6.18. The van der Waals surface area contributed by atoms with Gasteiger partial charge in [0.05, 0.1) is 11.1 Å². The maximum Gasteiger partial charge on any atom is 0.251 e. The van der Waals surface area contributed by atoms with Gasteiger partial charge in [-0.15, -0.1) is 0 Å². The normalized spacial score (nSPS) is 16.8. The lowest BCUT2D eigenvalue weighted by molar-refractivity contribution is 0.0931. The Morgan fingerprint density at radius 3 is 2.67 bits per heavy atom. The molecule has 1 atom stereocenters. The molecule has 1 aliphatic carbocycles. The lowest BCUT2D eigenvalue weighted by atomic mass is 10.0. The monoisotopic (exact) mass is 343 g/mol. The standard InChI is InChI=1S/C19H18ClNO3/c1-11-2-4-12(5-3-11)17(13-6-7-13)21-19(22)14-8-15(20)18-16(9-14)23-10-24-18/h2-5,8-9,13,17H,6-7,10H2,1H3,(H,21,22). The largest absolute Gasteiger partial charge is 0.454 e. The third-order valence-electron chi connectivity index (χ3n) is 4.51. The van der Waals surface area contributed by atoms with Crippen LogP contribution in [-0.4, -0.2) is 12.7 Å². The first-order valence-electron chi connectivity index (χ1n) is 8.08. The maximum absolute atomic E-state index is 12.7. The van der Waals surface area contributed by atoms with Gasteiger partial charge in [0, 0.05) is 5.56 Å². The van der Waals surface area contributed by atoms with E-state index in [2.05, 4.69) is 36.5 Å². The lowest BCUT2D eigenvalue weighted by Gasteiger charge is -2.19. The minimum atomic E-state index is -0.146. The van der Waals surface area contributed by atoms with Crippen LogP contribution in [0.3, 0.4) is 0 Å². The molecule has 2 aromatic rings. The van der Waals surface area contributed by atoms with Gasteiger partial charge in [-0.2, -0.15) is 0 Å². The Balaban J connectivity index is 1.58. The van der Waals surface area contributed by atoms with Gasteiger partial charge in [-0.1, -0.05) is 41.4 Å². The first-order valence-corrected chi connectivity index (χ1v) is 8.46. The minimum Gasteiger partial charge on any atom is -0.454 e. The quantitative estimate of drug-likeness (QED) is 0.902. The lowest BCUT2D eigenvalue weighted by Crippen LogP contribution is -2.29. The third-order valence-corrected chi connectivity index (χ3v) is 4.79.